The van der Waals surface area contributed by atoms with Crippen molar-refractivity contribution in [3.8, 4) is 0 Å². The standard InChI is InChI=1S/C25H14F37NO3/c1-63(2,5-7(65)66)4-6(64)3-8(26,27)9(28,29)10(30,31)11(32,33)12(34,35)13(36,37)14(38,39)15(40,41)16(42,43)17(44,45)18(46,47)19(48,49)20(50,51)21(52,53)22(54,55)23(56,57)24(58,59)25(60,61)62/h6,64H,3-5H2,1-2H3. The van der Waals surface area contributed by atoms with Crippen LogP contribution in [-0.4, -0.2) is 156 Å². The van der Waals surface area contributed by atoms with E-state index in [2.05, 4.69) is 0 Å². The Hall–Kier alpha value is -3.20. The first-order valence-electron chi connectivity index (χ1n) is 15.0. The van der Waals surface area contributed by atoms with E-state index in [9.17, 15) is 177 Å². The topological polar surface area (TPSA) is 60.4 Å². The molecule has 0 heterocycles. The van der Waals surface area contributed by atoms with Crippen molar-refractivity contribution in [2.24, 2.45) is 0 Å². The normalized spacial score (nSPS) is 17.3. The fourth-order valence-corrected chi connectivity index (χ4v) is 4.64. The number of alkyl halides is 37. The van der Waals surface area contributed by atoms with Crippen molar-refractivity contribution >= 4 is 5.97 Å². The van der Waals surface area contributed by atoms with Gasteiger partial charge in [0.1, 0.15) is 19.2 Å². The maximum absolute atomic E-state index is 14.2. The molecule has 0 aliphatic rings. The Morgan fingerprint density at radius 1 is 0.364 bits per heavy atom. The Bertz CT molecular complexity index is 1760. The van der Waals surface area contributed by atoms with E-state index in [0.29, 0.717) is 14.1 Å². The predicted octanol–water partition coefficient (Wildman–Crippen LogP) is 9.93. The van der Waals surface area contributed by atoms with Gasteiger partial charge in [0, 0.05) is 6.42 Å². The Balaban J connectivity index is 7.74. The fraction of sp³-hybridized carbons (Fsp3) is 0.960. The first-order valence-corrected chi connectivity index (χ1v) is 15.0. The molecule has 1 N–H and O–H groups in total. The third kappa shape index (κ3) is 8.01. The van der Waals surface area contributed by atoms with Crippen molar-refractivity contribution in [3.05, 3.63) is 0 Å². The molecule has 0 spiro atoms. The van der Waals surface area contributed by atoms with Crippen LogP contribution >= 0.6 is 0 Å². The summed E-state index contributed by atoms with van der Waals surface area (Å²) in [5, 5.41) is 20.0. The molecule has 0 radical (unpaired) electrons. The summed E-state index contributed by atoms with van der Waals surface area (Å²) in [6, 6.07) is 0. The minimum absolute atomic E-state index is 0.499. The number of halogens is 37. The number of nitrogens with zero attached hydrogens (tertiary/aromatic N) is 1. The predicted molar refractivity (Wildman–Crippen MR) is 128 cm³/mol. The lowest BCUT2D eigenvalue weighted by atomic mass is 9.82. The second kappa shape index (κ2) is 15.9. The van der Waals surface area contributed by atoms with E-state index in [1.165, 1.54) is 0 Å². The summed E-state index contributed by atoms with van der Waals surface area (Å²) in [7, 11) is 0.999. The largest absolute Gasteiger partial charge is 0.544 e. The van der Waals surface area contributed by atoms with Gasteiger partial charge in [0.2, 0.25) is 0 Å². The molecule has 1 unspecified atom stereocenters. The van der Waals surface area contributed by atoms with Gasteiger partial charge in [0.05, 0.1) is 20.1 Å². The quantitative estimate of drug-likeness (QED) is 0.0869. The Labute approximate surface area is 335 Å². The smallest absolute Gasteiger partial charge is 0.460 e. The Morgan fingerprint density at radius 2 is 0.530 bits per heavy atom. The van der Waals surface area contributed by atoms with E-state index >= 15 is 0 Å². The van der Waals surface area contributed by atoms with E-state index in [4.69, 9.17) is 0 Å². The third-order valence-electron chi connectivity index (χ3n) is 8.48. The van der Waals surface area contributed by atoms with Gasteiger partial charge in [0.15, 0.2) is 0 Å². The number of aliphatic hydroxyl groups excluding tert-OH is 1. The number of likely N-dealkylation sites (N-methyl/N-ethyl adjacent to an activating group) is 1. The lowest BCUT2D eigenvalue weighted by Crippen LogP contribution is -2.80. The number of quaternary nitrogens is 1. The van der Waals surface area contributed by atoms with E-state index in [0.717, 1.165) is 0 Å². The summed E-state index contributed by atoms with van der Waals surface area (Å²) in [5.41, 5.74) is 0. The van der Waals surface area contributed by atoms with E-state index < -0.39 is 143 Å². The highest BCUT2D eigenvalue weighted by Gasteiger charge is 3.02. The molecule has 0 fully saturated rings. The molecule has 0 aromatic carbocycles. The van der Waals surface area contributed by atoms with Crippen molar-refractivity contribution in [1.29, 1.82) is 0 Å². The van der Waals surface area contributed by atoms with Gasteiger partial charge < -0.3 is 19.5 Å². The molecule has 4 nitrogen and oxygen atoms in total. The van der Waals surface area contributed by atoms with Gasteiger partial charge in [-0.05, 0) is 0 Å². The minimum Gasteiger partial charge on any atom is -0.544 e. The molecule has 0 amide bonds. The average Bonchev–Trinajstić information content (AvgIpc) is 3.04. The zero-order chi connectivity index (χ0) is 54.8. The molecular formula is C25H14F37NO3. The molecule has 0 rings (SSSR count). The number of aliphatic hydroxyl groups is 1. The summed E-state index contributed by atoms with van der Waals surface area (Å²) in [6.07, 6.45) is -15.6. The number of aliphatic carboxylic acids is 1. The van der Waals surface area contributed by atoms with Crippen LogP contribution in [-0.2, 0) is 4.79 Å². The molecule has 0 aromatic heterocycles. The fourth-order valence-electron chi connectivity index (χ4n) is 4.64. The first kappa shape index (κ1) is 62.8. The van der Waals surface area contributed by atoms with Gasteiger partial charge in [0.25, 0.3) is 0 Å². The zero-order valence-corrected chi connectivity index (χ0v) is 29.9. The van der Waals surface area contributed by atoms with Gasteiger partial charge in [-0.2, -0.15) is 162 Å². The van der Waals surface area contributed by atoms with Crippen LogP contribution in [0.3, 0.4) is 0 Å². The van der Waals surface area contributed by atoms with Crippen molar-refractivity contribution in [3.63, 3.8) is 0 Å². The molecule has 0 aliphatic heterocycles. The zero-order valence-electron chi connectivity index (χ0n) is 29.9. The van der Waals surface area contributed by atoms with E-state index in [1.807, 2.05) is 0 Å². The summed E-state index contributed by atoms with van der Waals surface area (Å²) < 4.78 is 508. The minimum atomic E-state index is -10.5. The molecule has 0 saturated carbocycles. The SMILES string of the molecule is C[N+](C)(CC(=O)[O-])CC(O)CC(F)(F)C(F)(F)C(F)(F)C(F)(F)C(F)(F)C(F)(F)C(F)(F)C(F)(F)C(F)(F)C(F)(F)C(F)(F)C(F)(F)C(F)(F)C(F)(F)C(F)(F)C(F)(F)C(F)(F)C(F)(F)F. The lowest BCUT2D eigenvalue weighted by Gasteiger charge is -2.47. The molecule has 66 heavy (non-hydrogen) atoms. The van der Waals surface area contributed by atoms with Gasteiger partial charge in [-0.3, -0.25) is 0 Å². The van der Waals surface area contributed by atoms with Crippen molar-refractivity contribution < 1.29 is 182 Å². The highest BCUT2D eigenvalue weighted by atomic mass is 19.4. The number of hydrogen-bond acceptors (Lipinski definition) is 3. The number of carboxylic acid groups (broad SMARTS) is 1. The Morgan fingerprint density at radius 3 is 0.697 bits per heavy atom. The van der Waals surface area contributed by atoms with Crippen LogP contribution in [0.4, 0.5) is 162 Å². The van der Waals surface area contributed by atoms with Gasteiger partial charge in [-0.25, -0.2) is 0 Å². The van der Waals surface area contributed by atoms with E-state index in [-0.39, 0.29) is 0 Å². The molecule has 0 aromatic rings. The molecule has 0 bridgehead atoms. The monoisotopic (exact) mass is 1080 g/mol. The maximum atomic E-state index is 14.2. The van der Waals surface area contributed by atoms with Crippen molar-refractivity contribution in [1.82, 2.24) is 0 Å². The number of rotatable bonds is 22. The third-order valence-corrected chi connectivity index (χ3v) is 8.48. The second-order valence-electron chi connectivity index (χ2n) is 13.9. The van der Waals surface area contributed by atoms with Gasteiger partial charge >= 0.3 is 107 Å². The van der Waals surface area contributed by atoms with Crippen LogP contribution < -0.4 is 5.11 Å². The number of carbonyl (C=O) groups excluding carboxylic acids is 1. The van der Waals surface area contributed by atoms with Crippen LogP contribution in [0.25, 0.3) is 0 Å². The summed E-state index contributed by atoms with van der Waals surface area (Å²) in [5.74, 6) is -169. The van der Waals surface area contributed by atoms with Crippen molar-refractivity contribution in [2.45, 2.75) is 119 Å². The van der Waals surface area contributed by atoms with Crippen LogP contribution in [0, 0.1) is 0 Å². The number of hydrogen-bond donors (Lipinski definition) is 1. The van der Waals surface area contributed by atoms with Gasteiger partial charge in [-0.15, -0.1) is 0 Å². The number of carboxylic acids is 1. The Kier molecular flexibility index (Phi) is 15.1. The van der Waals surface area contributed by atoms with Crippen LogP contribution in [0.15, 0.2) is 0 Å². The van der Waals surface area contributed by atoms with Crippen LogP contribution in [0.2, 0.25) is 0 Å². The van der Waals surface area contributed by atoms with E-state index in [1.54, 1.807) is 0 Å². The summed E-state index contributed by atoms with van der Waals surface area (Å²) in [4.78, 5) is 10.6. The molecule has 396 valence electrons. The second-order valence-corrected chi connectivity index (χ2v) is 13.9. The summed E-state index contributed by atoms with van der Waals surface area (Å²) >= 11 is 0. The summed E-state index contributed by atoms with van der Waals surface area (Å²) in [6.45, 7) is -3.26. The van der Waals surface area contributed by atoms with Crippen LogP contribution in [0.5, 0.6) is 0 Å². The molecule has 0 aliphatic carbocycles. The average molecular weight is 1080 g/mol. The highest BCUT2D eigenvalue weighted by molar-refractivity contribution is 5.65. The van der Waals surface area contributed by atoms with Gasteiger partial charge in [-0.1, -0.05) is 0 Å². The van der Waals surface area contributed by atoms with Crippen molar-refractivity contribution in [2.75, 3.05) is 27.2 Å². The lowest BCUT2D eigenvalue weighted by molar-refractivity contribution is -0.888. The molecule has 1 atom stereocenters. The number of carbonyl (C=O) groups is 1. The molecular weight excluding hydrogens is 1070 g/mol. The molecule has 0 saturated heterocycles. The highest BCUT2D eigenvalue weighted by Crippen LogP contribution is 2.70. The van der Waals surface area contributed by atoms with Crippen LogP contribution in [0.1, 0.15) is 6.42 Å². The first-order chi connectivity index (χ1) is 27.8. The molecule has 41 heteroatoms. The maximum Gasteiger partial charge on any atom is 0.460 e.